The van der Waals surface area contributed by atoms with Crippen LogP contribution < -0.4 is 14.8 Å². The van der Waals surface area contributed by atoms with Crippen LogP contribution in [0.15, 0.2) is 47.4 Å². The number of benzene rings is 2. The number of hydrogen-bond donors (Lipinski definition) is 1. The third-order valence-corrected chi connectivity index (χ3v) is 4.44. The van der Waals surface area contributed by atoms with Gasteiger partial charge in [0.1, 0.15) is 17.2 Å². The Bertz CT molecular complexity index is 856. The maximum atomic E-state index is 11.9. The van der Waals surface area contributed by atoms with Crippen LogP contribution in [-0.2, 0) is 14.3 Å². The zero-order chi connectivity index (χ0) is 20.5. The van der Waals surface area contributed by atoms with E-state index in [1.54, 1.807) is 31.4 Å². The first kappa shape index (κ1) is 21.0. The molecular weight excluding hydrogens is 388 g/mol. The van der Waals surface area contributed by atoms with Gasteiger partial charge in [0.2, 0.25) is 0 Å². The molecule has 0 aliphatic carbocycles. The van der Waals surface area contributed by atoms with Gasteiger partial charge in [-0.15, -0.1) is 11.8 Å². The molecule has 0 radical (unpaired) electrons. The third-order valence-electron chi connectivity index (χ3n) is 3.46. The lowest BCUT2D eigenvalue weighted by atomic mass is 10.2. The summed E-state index contributed by atoms with van der Waals surface area (Å²) in [7, 11) is 2.94. The topological polar surface area (TPSA) is 117 Å². The van der Waals surface area contributed by atoms with Crippen LogP contribution in [0.2, 0.25) is 0 Å². The number of methoxy groups -OCH3 is 2. The van der Waals surface area contributed by atoms with Crippen molar-refractivity contribution < 1.29 is 28.7 Å². The van der Waals surface area contributed by atoms with Gasteiger partial charge < -0.3 is 19.5 Å². The van der Waals surface area contributed by atoms with E-state index in [1.165, 1.54) is 37.1 Å². The molecule has 0 aromatic heterocycles. The molecule has 9 nitrogen and oxygen atoms in total. The lowest BCUT2D eigenvalue weighted by molar-refractivity contribution is -0.384. The Morgan fingerprint density at radius 1 is 1.07 bits per heavy atom. The number of esters is 1. The van der Waals surface area contributed by atoms with E-state index in [4.69, 9.17) is 14.2 Å². The van der Waals surface area contributed by atoms with Gasteiger partial charge in [-0.3, -0.25) is 19.7 Å². The number of thioether (sulfide) groups is 1. The first-order valence-corrected chi connectivity index (χ1v) is 8.96. The minimum absolute atomic E-state index is 0.0144. The summed E-state index contributed by atoms with van der Waals surface area (Å²) < 4.78 is 14.9. The predicted octanol–water partition coefficient (Wildman–Crippen LogP) is 2.89. The van der Waals surface area contributed by atoms with Gasteiger partial charge >= 0.3 is 5.97 Å². The average Bonchev–Trinajstić information content (AvgIpc) is 2.71. The van der Waals surface area contributed by atoms with Crippen LogP contribution >= 0.6 is 11.8 Å². The molecule has 2 aromatic rings. The molecule has 0 saturated carbocycles. The molecule has 2 rings (SSSR count). The molecule has 0 bridgehead atoms. The molecule has 0 fully saturated rings. The number of amides is 1. The van der Waals surface area contributed by atoms with Crippen molar-refractivity contribution in [3.05, 3.63) is 52.6 Å². The normalized spacial score (nSPS) is 10.1. The summed E-state index contributed by atoms with van der Waals surface area (Å²) in [6.45, 7) is -0.550. The average molecular weight is 406 g/mol. The SMILES string of the molecule is COc1ccc(SCC(=O)OCC(=O)Nc2ccc(OC)cc2[N+](=O)[O-])cc1. The Morgan fingerprint density at radius 3 is 2.32 bits per heavy atom. The van der Waals surface area contributed by atoms with Crippen LogP contribution in [0, 0.1) is 10.1 Å². The molecule has 10 heteroatoms. The molecule has 0 atom stereocenters. The first-order chi connectivity index (χ1) is 13.4. The van der Waals surface area contributed by atoms with Gasteiger partial charge in [-0.1, -0.05) is 0 Å². The number of anilines is 1. The highest BCUT2D eigenvalue weighted by Gasteiger charge is 2.18. The molecule has 1 amide bonds. The number of nitrogens with one attached hydrogen (secondary N) is 1. The van der Waals surface area contributed by atoms with Crippen molar-refractivity contribution in [2.45, 2.75) is 4.90 Å². The fraction of sp³-hybridized carbons (Fsp3) is 0.222. The fourth-order valence-electron chi connectivity index (χ4n) is 2.08. The van der Waals surface area contributed by atoms with Crippen LogP contribution in [-0.4, -0.2) is 43.4 Å². The summed E-state index contributed by atoms with van der Waals surface area (Å²) in [4.78, 5) is 35.0. The number of nitrogens with zero attached hydrogens (tertiary/aromatic N) is 1. The Hall–Kier alpha value is -3.27. The quantitative estimate of drug-likeness (QED) is 0.292. The number of carbonyl (C=O) groups is 2. The van der Waals surface area contributed by atoms with Crippen LogP contribution in [0.4, 0.5) is 11.4 Å². The van der Waals surface area contributed by atoms with Gasteiger partial charge in [-0.25, -0.2) is 0 Å². The molecular formula is C18H18N2O7S. The monoisotopic (exact) mass is 406 g/mol. The molecule has 0 heterocycles. The molecule has 0 aliphatic rings. The molecule has 0 saturated heterocycles. The van der Waals surface area contributed by atoms with Crippen molar-refractivity contribution in [2.75, 3.05) is 31.9 Å². The van der Waals surface area contributed by atoms with Crippen LogP contribution in [0.25, 0.3) is 0 Å². The van der Waals surface area contributed by atoms with Gasteiger partial charge in [0, 0.05) is 4.90 Å². The Kier molecular flexibility index (Phi) is 7.64. The second-order valence-electron chi connectivity index (χ2n) is 5.31. The maximum Gasteiger partial charge on any atom is 0.316 e. The van der Waals surface area contributed by atoms with Gasteiger partial charge in [-0.2, -0.15) is 0 Å². The zero-order valence-corrected chi connectivity index (χ0v) is 16.0. The molecule has 0 spiro atoms. The summed E-state index contributed by atoms with van der Waals surface area (Å²) in [5, 5.41) is 13.5. The number of hydrogen-bond acceptors (Lipinski definition) is 8. The summed E-state index contributed by atoms with van der Waals surface area (Å²) in [5.41, 5.74) is -0.339. The lowest BCUT2D eigenvalue weighted by Gasteiger charge is -2.08. The van der Waals surface area contributed by atoms with E-state index in [9.17, 15) is 19.7 Å². The van der Waals surface area contributed by atoms with Crippen LogP contribution in [0.1, 0.15) is 0 Å². The number of ether oxygens (including phenoxy) is 3. The van der Waals surface area contributed by atoms with Crippen molar-refractivity contribution in [1.29, 1.82) is 0 Å². The second kappa shape index (κ2) is 10.2. The smallest absolute Gasteiger partial charge is 0.316 e. The highest BCUT2D eigenvalue weighted by molar-refractivity contribution is 8.00. The fourth-order valence-corrected chi connectivity index (χ4v) is 2.78. The molecule has 148 valence electrons. The van der Waals surface area contributed by atoms with Crippen molar-refractivity contribution in [2.24, 2.45) is 0 Å². The Balaban J connectivity index is 1.83. The Morgan fingerprint density at radius 2 is 1.71 bits per heavy atom. The summed E-state index contributed by atoms with van der Waals surface area (Å²) in [6, 6.07) is 11.1. The minimum atomic E-state index is -0.684. The molecule has 28 heavy (non-hydrogen) atoms. The van der Waals surface area contributed by atoms with E-state index in [2.05, 4.69) is 5.32 Å². The largest absolute Gasteiger partial charge is 0.497 e. The molecule has 2 aromatic carbocycles. The standard InChI is InChI=1S/C18H18N2O7S/c1-25-12-3-6-14(7-4-12)28-11-18(22)27-10-17(21)19-15-8-5-13(26-2)9-16(15)20(23)24/h3-9H,10-11H2,1-2H3,(H,19,21). The van der Waals surface area contributed by atoms with E-state index >= 15 is 0 Å². The van der Waals surface area contributed by atoms with E-state index in [-0.39, 0.29) is 22.9 Å². The number of nitro groups is 1. The second-order valence-corrected chi connectivity index (χ2v) is 6.36. The third kappa shape index (κ3) is 6.16. The number of rotatable bonds is 9. The first-order valence-electron chi connectivity index (χ1n) is 7.97. The van der Waals surface area contributed by atoms with Crippen LogP contribution in [0.3, 0.4) is 0 Å². The summed E-state index contributed by atoms with van der Waals surface area (Å²) >= 11 is 1.25. The molecule has 1 N–H and O–H groups in total. The maximum absolute atomic E-state index is 11.9. The van der Waals surface area contributed by atoms with Gasteiger partial charge in [0.15, 0.2) is 6.61 Å². The summed E-state index contributed by atoms with van der Waals surface area (Å²) in [5.74, 6) is -0.262. The number of carbonyl (C=O) groups excluding carboxylic acids is 2. The summed E-state index contributed by atoms with van der Waals surface area (Å²) in [6.07, 6.45) is 0. The van der Waals surface area contributed by atoms with Crippen LogP contribution in [0.5, 0.6) is 11.5 Å². The van der Waals surface area contributed by atoms with Gasteiger partial charge in [0.05, 0.1) is 31.0 Å². The zero-order valence-electron chi connectivity index (χ0n) is 15.2. The van der Waals surface area contributed by atoms with Crippen molar-refractivity contribution in [3.63, 3.8) is 0 Å². The molecule has 0 unspecified atom stereocenters. The highest BCUT2D eigenvalue weighted by Crippen LogP contribution is 2.28. The highest BCUT2D eigenvalue weighted by atomic mass is 32.2. The molecule has 0 aliphatic heterocycles. The lowest BCUT2D eigenvalue weighted by Crippen LogP contribution is -2.22. The van der Waals surface area contributed by atoms with Crippen molar-refractivity contribution in [3.8, 4) is 11.5 Å². The predicted molar refractivity (Wildman–Crippen MR) is 103 cm³/mol. The van der Waals surface area contributed by atoms with E-state index in [1.807, 2.05) is 0 Å². The van der Waals surface area contributed by atoms with Gasteiger partial charge in [0.25, 0.3) is 11.6 Å². The number of nitro benzene ring substituents is 1. The van der Waals surface area contributed by atoms with Crippen molar-refractivity contribution >= 4 is 35.0 Å². The van der Waals surface area contributed by atoms with E-state index < -0.39 is 23.4 Å². The van der Waals surface area contributed by atoms with E-state index in [0.717, 1.165) is 4.90 Å². The van der Waals surface area contributed by atoms with Gasteiger partial charge in [-0.05, 0) is 36.4 Å². The minimum Gasteiger partial charge on any atom is -0.497 e. The van der Waals surface area contributed by atoms with Crippen molar-refractivity contribution in [1.82, 2.24) is 0 Å². The Labute approximate surface area is 165 Å². The van der Waals surface area contributed by atoms with E-state index in [0.29, 0.717) is 5.75 Å².